The summed E-state index contributed by atoms with van der Waals surface area (Å²) in [6.45, 7) is 0. The highest BCUT2D eigenvalue weighted by molar-refractivity contribution is 6.05. The molecule has 1 saturated carbocycles. The van der Waals surface area contributed by atoms with Crippen molar-refractivity contribution in [1.29, 1.82) is 0 Å². The molecule has 0 atom stereocenters. The summed E-state index contributed by atoms with van der Waals surface area (Å²) in [5, 5.41) is 11.7. The minimum atomic E-state index is -5.30. The fourth-order valence-electron chi connectivity index (χ4n) is 2.38. The predicted octanol–water partition coefficient (Wildman–Crippen LogP) is 3.49. The lowest BCUT2D eigenvalue weighted by Crippen LogP contribution is -2.31. The van der Waals surface area contributed by atoms with E-state index in [4.69, 9.17) is 0 Å². The smallest absolute Gasteiger partial charge is 0.434 e. The first-order valence-electron chi connectivity index (χ1n) is 7.09. The van der Waals surface area contributed by atoms with Crippen molar-refractivity contribution in [1.82, 2.24) is 4.98 Å². The number of ether oxygens (including phenoxy) is 1. The molecule has 0 bridgehead atoms. The normalized spacial score (nSPS) is 15.0. The van der Waals surface area contributed by atoms with Crippen molar-refractivity contribution >= 4 is 17.6 Å². The van der Waals surface area contributed by atoms with E-state index in [9.17, 15) is 36.6 Å². The van der Waals surface area contributed by atoms with Crippen LogP contribution in [0.25, 0.3) is 0 Å². The van der Waals surface area contributed by atoms with Gasteiger partial charge in [0.05, 0.1) is 12.8 Å². The fraction of sp³-hybridized carbons (Fsp3) is 0.500. The number of esters is 1. The fourth-order valence-corrected chi connectivity index (χ4v) is 2.38. The molecule has 2 rings (SSSR count). The van der Waals surface area contributed by atoms with E-state index in [1.807, 2.05) is 0 Å². The number of hydrogen-bond acceptors (Lipinski definition) is 5. The van der Waals surface area contributed by atoms with E-state index >= 15 is 0 Å². The van der Waals surface area contributed by atoms with E-state index in [1.54, 1.807) is 0 Å². The maximum atomic E-state index is 13.2. The molecule has 0 aliphatic heterocycles. The molecular weight excluding hydrogens is 355 g/mol. The lowest BCUT2D eigenvalue weighted by atomic mass is 9.91. The van der Waals surface area contributed by atoms with Gasteiger partial charge >= 0.3 is 18.1 Å². The number of aromatic carboxylic acids is 1. The van der Waals surface area contributed by atoms with Gasteiger partial charge in [-0.25, -0.2) is 23.4 Å². The Morgan fingerprint density at radius 3 is 2.24 bits per heavy atom. The maximum Gasteiger partial charge on any atom is 0.434 e. The molecule has 1 aromatic rings. The van der Waals surface area contributed by atoms with E-state index in [2.05, 4.69) is 15.0 Å². The van der Waals surface area contributed by atoms with Crippen LogP contribution < -0.4 is 5.32 Å². The molecule has 0 spiro atoms. The van der Waals surface area contributed by atoms with E-state index in [0.717, 1.165) is 13.5 Å². The van der Waals surface area contributed by atoms with Gasteiger partial charge in [0.2, 0.25) is 0 Å². The van der Waals surface area contributed by atoms with Gasteiger partial charge in [-0.2, -0.15) is 13.2 Å². The van der Waals surface area contributed by atoms with Crippen molar-refractivity contribution in [3.63, 3.8) is 0 Å². The number of hydrogen-bond donors (Lipinski definition) is 2. The third-order valence-corrected chi connectivity index (χ3v) is 3.76. The quantitative estimate of drug-likeness (QED) is 0.611. The first kappa shape index (κ1) is 18.9. The molecule has 138 valence electrons. The van der Waals surface area contributed by atoms with Crippen LogP contribution >= 0.6 is 0 Å². The second-order valence-electron chi connectivity index (χ2n) is 5.34. The number of nitrogens with zero attached hydrogens (tertiary/aromatic N) is 1. The van der Waals surface area contributed by atoms with Gasteiger partial charge in [-0.3, -0.25) is 0 Å². The van der Waals surface area contributed by atoms with Crippen molar-refractivity contribution in [3.05, 3.63) is 22.5 Å². The number of alkyl halides is 5. The Bertz CT molecular complexity index is 701. The van der Waals surface area contributed by atoms with Gasteiger partial charge in [-0.1, -0.05) is 0 Å². The molecule has 1 heterocycles. The van der Waals surface area contributed by atoms with Crippen molar-refractivity contribution < 1.29 is 41.4 Å². The number of methoxy groups -OCH3 is 1. The summed E-state index contributed by atoms with van der Waals surface area (Å²) >= 11 is 0. The Balaban J connectivity index is 2.85. The number of rotatable bonds is 5. The monoisotopic (exact) mass is 368 g/mol. The maximum absolute atomic E-state index is 13.2. The van der Waals surface area contributed by atoms with Crippen molar-refractivity contribution in [3.8, 4) is 0 Å². The minimum Gasteiger partial charge on any atom is -0.478 e. The van der Waals surface area contributed by atoms with Crippen LogP contribution in [0.1, 0.15) is 57.8 Å². The Hall–Kier alpha value is -2.46. The second kappa shape index (κ2) is 6.81. The van der Waals surface area contributed by atoms with Crippen molar-refractivity contribution in [2.75, 3.05) is 12.4 Å². The predicted molar refractivity (Wildman–Crippen MR) is 73.8 cm³/mol. The van der Waals surface area contributed by atoms with E-state index in [0.29, 0.717) is 12.8 Å². The van der Waals surface area contributed by atoms with Crippen molar-refractivity contribution in [2.24, 2.45) is 0 Å². The molecule has 0 aromatic carbocycles. The summed E-state index contributed by atoms with van der Waals surface area (Å²) in [4.78, 5) is 26.0. The first-order chi connectivity index (χ1) is 11.6. The molecule has 25 heavy (non-hydrogen) atoms. The summed E-state index contributed by atoms with van der Waals surface area (Å²) in [6.07, 6.45) is -7.13. The Morgan fingerprint density at radius 2 is 1.88 bits per heavy atom. The molecule has 0 unspecified atom stereocenters. The van der Waals surface area contributed by atoms with Crippen LogP contribution in [-0.4, -0.2) is 35.2 Å². The molecular formula is C14H13F5N2O4. The third kappa shape index (κ3) is 3.64. The topological polar surface area (TPSA) is 88.5 Å². The van der Waals surface area contributed by atoms with Gasteiger partial charge in [-0.05, 0) is 19.3 Å². The summed E-state index contributed by atoms with van der Waals surface area (Å²) < 4.78 is 70.3. The Labute approximate surface area is 138 Å². The number of carboxylic acid groups (broad SMARTS) is 1. The average Bonchev–Trinajstić information content (AvgIpc) is 2.47. The zero-order valence-corrected chi connectivity index (χ0v) is 12.8. The second-order valence-corrected chi connectivity index (χ2v) is 5.34. The summed E-state index contributed by atoms with van der Waals surface area (Å²) in [7, 11) is 0.836. The van der Waals surface area contributed by atoms with Crippen LogP contribution in [0.2, 0.25) is 0 Å². The van der Waals surface area contributed by atoms with E-state index in [-0.39, 0.29) is 0 Å². The summed E-state index contributed by atoms with van der Waals surface area (Å²) in [5.74, 6) is -3.45. The van der Waals surface area contributed by atoms with Crippen LogP contribution in [0.4, 0.5) is 27.6 Å². The first-order valence-corrected chi connectivity index (χ1v) is 7.09. The number of pyridine rings is 1. The standard InChI is InChI=1S/C14H13F5N2O4/c1-25-13(24)6-8(20-5-3-2-4-5)7(12(22)23)10(14(17,18)19)21-9(6)11(15)16/h5,11H,2-4H2,1H3,(H,20,21)(H,22,23). The molecule has 0 radical (unpaired) electrons. The molecule has 1 aromatic heterocycles. The highest BCUT2D eigenvalue weighted by Gasteiger charge is 2.43. The van der Waals surface area contributed by atoms with Crippen molar-refractivity contribution in [2.45, 2.75) is 37.9 Å². The van der Waals surface area contributed by atoms with Gasteiger partial charge < -0.3 is 15.2 Å². The van der Waals surface area contributed by atoms with Gasteiger partial charge in [0, 0.05) is 6.04 Å². The van der Waals surface area contributed by atoms with Gasteiger partial charge in [0.1, 0.15) is 16.8 Å². The lowest BCUT2D eigenvalue weighted by molar-refractivity contribution is -0.142. The lowest BCUT2D eigenvalue weighted by Gasteiger charge is -2.30. The number of carbonyl (C=O) groups excluding carboxylic acids is 1. The van der Waals surface area contributed by atoms with Gasteiger partial charge in [0.15, 0.2) is 5.69 Å². The molecule has 6 nitrogen and oxygen atoms in total. The number of carbonyl (C=O) groups is 2. The average molecular weight is 368 g/mol. The minimum absolute atomic E-state index is 0.435. The number of anilines is 1. The van der Waals surface area contributed by atoms with Gasteiger partial charge in [-0.15, -0.1) is 0 Å². The zero-order chi connectivity index (χ0) is 18.9. The molecule has 1 aliphatic carbocycles. The van der Waals surface area contributed by atoms with E-state index in [1.165, 1.54) is 0 Å². The molecule has 0 amide bonds. The number of aromatic nitrogens is 1. The summed E-state index contributed by atoms with van der Waals surface area (Å²) in [6, 6.07) is -0.435. The number of nitrogens with one attached hydrogen (secondary N) is 1. The number of halogens is 5. The summed E-state index contributed by atoms with van der Waals surface area (Å²) in [5.41, 5.74) is -6.71. The zero-order valence-electron chi connectivity index (χ0n) is 12.8. The highest BCUT2D eigenvalue weighted by Crippen LogP contribution is 2.40. The molecule has 2 N–H and O–H groups in total. The van der Waals surface area contributed by atoms with Crippen LogP contribution in [0.15, 0.2) is 0 Å². The van der Waals surface area contributed by atoms with Gasteiger partial charge in [0.25, 0.3) is 6.43 Å². The van der Waals surface area contributed by atoms with Crippen LogP contribution in [0, 0.1) is 0 Å². The third-order valence-electron chi connectivity index (χ3n) is 3.76. The molecule has 1 fully saturated rings. The van der Waals surface area contributed by atoms with Crippen LogP contribution in [-0.2, 0) is 10.9 Å². The highest BCUT2D eigenvalue weighted by atomic mass is 19.4. The molecule has 1 aliphatic rings. The van der Waals surface area contributed by atoms with Crippen LogP contribution in [0.5, 0.6) is 0 Å². The number of carboxylic acids is 1. The van der Waals surface area contributed by atoms with Crippen LogP contribution in [0.3, 0.4) is 0 Å². The van der Waals surface area contributed by atoms with E-state index < -0.39 is 58.8 Å². The molecule has 11 heteroatoms. The largest absolute Gasteiger partial charge is 0.478 e. The molecule has 0 saturated heterocycles. The SMILES string of the molecule is COC(=O)c1c(C(F)F)nc(C(F)(F)F)c(C(=O)O)c1NC1CCC1. The Kier molecular flexibility index (Phi) is 5.14. The Morgan fingerprint density at radius 1 is 1.28 bits per heavy atom.